The van der Waals surface area contributed by atoms with Gasteiger partial charge in [-0.3, -0.25) is 0 Å². The molecule has 1 aromatic heterocycles. The van der Waals surface area contributed by atoms with Gasteiger partial charge < -0.3 is 9.88 Å². The number of nitrogens with zero attached hydrogens (tertiary/aromatic N) is 2. The molecule has 0 atom stereocenters. The third-order valence-corrected chi connectivity index (χ3v) is 3.28. The van der Waals surface area contributed by atoms with Gasteiger partial charge in [-0.1, -0.05) is 26.0 Å². The van der Waals surface area contributed by atoms with Crippen LogP contribution in [0.2, 0.25) is 0 Å². The number of imidazole rings is 1. The van der Waals surface area contributed by atoms with Crippen molar-refractivity contribution >= 4 is 11.0 Å². The van der Waals surface area contributed by atoms with Crippen LogP contribution in [0.1, 0.15) is 39.9 Å². The van der Waals surface area contributed by atoms with E-state index in [1.54, 1.807) is 0 Å². The minimum Gasteiger partial charge on any atom is -0.326 e. The van der Waals surface area contributed by atoms with Crippen molar-refractivity contribution in [3.8, 4) is 0 Å². The summed E-state index contributed by atoms with van der Waals surface area (Å²) in [5.74, 6) is 1.13. The third kappa shape index (κ3) is 2.27. The van der Waals surface area contributed by atoms with Gasteiger partial charge in [-0.25, -0.2) is 4.98 Å². The van der Waals surface area contributed by atoms with Crippen LogP contribution in [-0.2, 0) is 12.1 Å². The van der Waals surface area contributed by atoms with E-state index in [4.69, 9.17) is 4.98 Å². The van der Waals surface area contributed by atoms with Gasteiger partial charge in [0.15, 0.2) is 0 Å². The van der Waals surface area contributed by atoms with Crippen LogP contribution in [0.3, 0.4) is 0 Å². The second kappa shape index (κ2) is 5.11. The highest BCUT2D eigenvalue weighted by Crippen LogP contribution is 2.25. The molecule has 2 rings (SSSR count). The second-order valence-corrected chi connectivity index (χ2v) is 5.23. The van der Waals surface area contributed by atoms with E-state index >= 15 is 0 Å². The van der Waals surface area contributed by atoms with Gasteiger partial charge in [-0.15, -0.1) is 0 Å². The first-order valence-electron chi connectivity index (χ1n) is 6.81. The number of fused-ring (bicyclic) bond motifs is 1. The quantitative estimate of drug-likeness (QED) is 0.876. The highest BCUT2D eigenvalue weighted by Gasteiger charge is 2.26. The van der Waals surface area contributed by atoms with Crippen molar-refractivity contribution in [3.05, 3.63) is 30.1 Å². The highest BCUT2D eigenvalue weighted by molar-refractivity contribution is 5.76. The number of benzene rings is 1. The van der Waals surface area contributed by atoms with Gasteiger partial charge in [0.2, 0.25) is 0 Å². The van der Waals surface area contributed by atoms with Crippen LogP contribution < -0.4 is 5.32 Å². The zero-order chi connectivity index (χ0) is 13.2. The predicted molar refractivity (Wildman–Crippen MR) is 76.7 cm³/mol. The van der Waals surface area contributed by atoms with Crippen LogP contribution in [0, 0.1) is 0 Å². The molecule has 3 heteroatoms. The van der Waals surface area contributed by atoms with E-state index in [1.165, 1.54) is 5.52 Å². The normalized spacial score (nSPS) is 12.2. The molecule has 0 unspecified atom stereocenters. The number of para-hydroxylation sites is 2. The number of aryl methyl sites for hydroxylation is 1. The van der Waals surface area contributed by atoms with Crippen LogP contribution in [0.15, 0.2) is 24.3 Å². The van der Waals surface area contributed by atoms with Crippen molar-refractivity contribution in [3.63, 3.8) is 0 Å². The molecule has 0 fully saturated rings. The first-order valence-corrected chi connectivity index (χ1v) is 6.81. The standard InChI is InChI=1S/C15H23N3/c1-5-11-18-13-10-8-7-9-12(13)17-14(18)15(3,4)16-6-2/h7-10,16H,5-6,11H2,1-4H3. The Hall–Kier alpha value is -1.35. The lowest BCUT2D eigenvalue weighted by Gasteiger charge is -2.26. The zero-order valence-electron chi connectivity index (χ0n) is 11.8. The fourth-order valence-electron chi connectivity index (χ4n) is 2.52. The van der Waals surface area contributed by atoms with Crippen LogP contribution in [0.4, 0.5) is 0 Å². The van der Waals surface area contributed by atoms with Crippen molar-refractivity contribution in [2.24, 2.45) is 0 Å². The van der Waals surface area contributed by atoms with Crippen LogP contribution in [-0.4, -0.2) is 16.1 Å². The molecule has 0 aliphatic heterocycles. The molecule has 0 spiro atoms. The minimum absolute atomic E-state index is 0.0943. The molecule has 1 heterocycles. The molecule has 0 radical (unpaired) electrons. The smallest absolute Gasteiger partial charge is 0.129 e. The van der Waals surface area contributed by atoms with Crippen molar-refractivity contribution in [2.75, 3.05) is 6.54 Å². The molecule has 0 aliphatic rings. The van der Waals surface area contributed by atoms with Gasteiger partial charge in [0.25, 0.3) is 0 Å². The molecule has 0 aliphatic carbocycles. The average Bonchev–Trinajstić information content (AvgIpc) is 2.70. The maximum atomic E-state index is 4.82. The van der Waals surface area contributed by atoms with Gasteiger partial charge in [-0.2, -0.15) is 0 Å². The lowest BCUT2D eigenvalue weighted by atomic mass is 10.0. The maximum absolute atomic E-state index is 4.82. The Morgan fingerprint density at radius 1 is 1.22 bits per heavy atom. The summed E-state index contributed by atoms with van der Waals surface area (Å²) >= 11 is 0. The Labute approximate surface area is 109 Å². The van der Waals surface area contributed by atoms with E-state index in [-0.39, 0.29) is 5.54 Å². The molecular formula is C15H23N3. The van der Waals surface area contributed by atoms with Gasteiger partial charge in [0, 0.05) is 6.54 Å². The number of rotatable bonds is 5. The molecule has 0 amide bonds. The Morgan fingerprint density at radius 2 is 1.94 bits per heavy atom. The molecule has 0 bridgehead atoms. The summed E-state index contributed by atoms with van der Waals surface area (Å²) in [4.78, 5) is 4.82. The monoisotopic (exact) mass is 245 g/mol. The van der Waals surface area contributed by atoms with E-state index in [0.29, 0.717) is 0 Å². The van der Waals surface area contributed by atoms with Crippen molar-refractivity contribution in [1.82, 2.24) is 14.9 Å². The summed E-state index contributed by atoms with van der Waals surface area (Å²) in [5, 5.41) is 3.51. The minimum atomic E-state index is -0.0943. The summed E-state index contributed by atoms with van der Waals surface area (Å²) in [6, 6.07) is 8.38. The topological polar surface area (TPSA) is 29.9 Å². The third-order valence-electron chi connectivity index (χ3n) is 3.28. The molecule has 3 nitrogen and oxygen atoms in total. The van der Waals surface area contributed by atoms with Gasteiger partial charge >= 0.3 is 0 Å². The van der Waals surface area contributed by atoms with Gasteiger partial charge in [0.05, 0.1) is 16.6 Å². The Balaban J connectivity index is 2.58. The molecule has 0 saturated carbocycles. The molecule has 1 aromatic carbocycles. The van der Waals surface area contributed by atoms with Crippen molar-refractivity contribution in [2.45, 2.75) is 46.2 Å². The second-order valence-electron chi connectivity index (χ2n) is 5.23. The summed E-state index contributed by atoms with van der Waals surface area (Å²) in [6.07, 6.45) is 1.12. The molecule has 2 aromatic rings. The number of hydrogen-bond donors (Lipinski definition) is 1. The summed E-state index contributed by atoms with van der Waals surface area (Å²) in [6.45, 7) is 10.7. The number of hydrogen-bond acceptors (Lipinski definition) is 2. The van der Waals surface area contributed by atoms with Crippen molar-refractivity contribution in [1.29, 1.82) is 0 Å². The van der Waals surface area contributed by atoms with Gasteiger partial charge in [-0.05, 0) is 38.9 Å². The van der Waals surface area contributed by atoms with E-state index < -0.39 is 0 Å². The number of aromatic nitrogens is 2. The largest absolute Gasteiger partial charge is 0.326 e. The zero-order valence-corrected chi connectivity index (χ0v) is 11.8. The van der Waals surface area contributed by atoms with Crippen molar-refractivity contribution < 1.29 is 0 Å². The lowest BCUT2D eigenvalue weighted by Crippen LogP contribution is -2.39. The fourth-order valence-corrected chi connectivity index (χ4v) is 2.52. The van der Waals surface area contributed by atoms with E-state index in [1.807, 2.05) is 0 Å². The molecule has 18 heavy (non-hydrogen) atoms. The first-order chi connectivity index (χ1) is 8.60. The predicted octanol–water partition coefficient (Wildman–Crippen LogP) is 3.29. The Kier molecular flexibility index (Phi) is 3.71. The summed E-state index contributed by atoms with van der Waals surface area (Å²) in [5.41, 5.74) is 2.23. The summed E-state index contributed by atoms with van der Waals surface area (Å²) in [7, 11) is 0. The Morgan fingerprint density at radius 3 is 2.61 bits per heavy atom. The summed E-state index contributed by atoms with van der Waals surface area (Å²) < 4.78 is 2.35. The maximum Gasteiger partial charge on any atom is 0.129 e. The van der Waals surface area contributed by atoms with E-state index in [0.717, 1.165) is 30.9 Å². The molecular weight excluding hydrogens is 222 g/mol. The SMILES string of the molecule is CCCn1c(C(C)(C)NCC)nc2ccccc21. The van der Waals surface area contributed by atoms with E-state index in [2.05, 4.69) is 61.8 Å². The van der Waals surface area contributed by atoms with Gasteiger partial charge in [0.1, 0.15) is 5.82 Å². The average molecular weight is 245 g/mol. The van der Waals surface area contributed by atoms with Crippen LogP contribution in [0.25, 0.3) is 11.0 Å². The fraction of sp³-hybridized carbons (Fsp3) is 0.533. The van der Waals surface area contributed by atoms with Crippen LogP contribution in [0.5, 0.6) is 0 Å². The first kappa shape index (κ1) is 13.1. The van der Waals surface area contributed by atoms with E-state index in [9.17, 15) is 0 Å². The molecule has 0 saturated heterocycles. The lowest BCUT2D eigenvalue weighted by molar-refractivity contribution is 0.375. The molecule has 98 valence electrons. The Bertz CT molecular complexity index is 526. The number of nitrogens with one attached hydrogen (secondary N) is 1. The molecule has 1 N–H and O–H groups in total. The highest BCUT2D eigenvalue weighted by atomic mass is 15.1. The van der Waals surface area contributed by atoms with Crippen LogP contribution >= 0.6 is 0 Å².